The van der Waals surface area contributed by atoms with Crippen LogP contribution in [0.15, 0.2) is 11.6 Å². The first-order chi connectivity index (χ1) is 5.72. The maximum absolute atomic E-state index is 5.64. The molecular formula is C11H20O. The van der Waals surface area contributed by atoms with Crippen molar-refractivity contribution in [2.75, 3.05) is 6.61 Å². The van der Waals surface area contributed by atoms with E-state index in [0.717, 1.165) is 18.9 Å². The lowest BCUT2D eigenvalue weighted by atomic mass is 9.96. The fourth-order valence-corrected chi connectivity index (χ4v) is 1.55. The van der Waals surface area contributed by atoms with E-state index in [4.69, 9.17) is 4.74 Å². The highest BCUT2D eigenvalue weighted by Crippen LogP contribution is 2.21. The number of allylic oxidation sites excluding steroid dienone is 1. The first-order valence-electron chi connectivity index (χ1n) is 5.01. The lowest BCUT2D eigenvalue weighted by Gasteiger charge is -2.25. The van der Waals surface area contributed by atoms with E-state index >= 15 is 0 Å². The van der Waals surface area contributed by atoms with Gasteiger partial charge in [-0.25, -0.2) is 0 Å². The minimum atomic E-state index is 0.397. The minimum Gasteiger partial charge on any atom is -0.374 e. The molecule has 1 rings (SSSR count). The lowest BCUT2D eigenvalue weighted by Crippen LogP contribution is -2.22. The Labute approximate surface area is 75.8 Å². The summed E-state index contributed by atoms with van der Waals surface area (Å²) in [7, 11) is 0. The Hall–Kier alpha value is -0.300. The Bertz CT molecular complexity index is 160. The van der Waals surface area contributed by atoms with E-state index in [1.54, 1.807) is 0 Å². The first-order valence-corrected chi connectivity index (χ1v) is 5.01. The molecule has 0 bridgehead atoms. The summed E-state index contributed by atoms with van der Waals surface area (Å²) in [6, 6.07) is 0. The summed E-state index contributed by atoms with van der Waals surface area (Å²) in [6.45, 7) is 7.63. The van der Waals surface area contributed by atoms with Crippen LogP contribution >= 0.6 is 0 Å². The van der Waals surface area contributed by atoms with Crippen LogP contribution in [0.1, 0.15) is 40.0 Å². The van der Waals surface area contributed by atoms with Gasteiger partial charge in [0.1, 0.15) is 0 Å². The smallest absolute Gasteiger partial charge is 0.0760 e. The third-order valence-corrected chi connectivity index (χ3v) is 2.61. The van der Waals surface area contributed by atoms with Gasteiger partial charge in [0.05, 0.1) is 6.10 Å². The van der Waals surface area contributed by atoms with E-state index in [1.165, 1.54) is 18.4 Å². The van der Waals surface area contributed by atoms with Crippen LogP contribution in [-0.2, 0) is 4.74 Å². The zero-order valence-corrected chi connectivity index (χ0v) is 8.47. The minimum absolute atomic E-state index is 0.397. The predicted octanol–water partition coefficient (Wildman–Crippen LogP) is 3.16. The number of hydrogen-bond acceptors (Lipinski definition) is 1. The molecule has 0 spiro atoms. The van der Waals surface area contributed by atoms with E-state index in [9.17, 15) is 0 Å². The molecule has 1 aliphatic heterocycles. The van der Waals surface area contributed by atoms with E-state index in [1.807, 2.05) is 0 Å². The van der Waals surface area contributed by atoms with E-state index < -0.39 is 0 Å². The second-order valence-corrected chi connectivity index (χ2v) is 3.91. The molecule has 0 aromatic heterocycles. The topological polar surface area (TPSA) is 9.23 Å². The van der Waals surface area contributed by atoms with Gasteiger partial charge in [0.2, 0.25) is 0 Å². The number of rotatable bonds is 2. The third-order valence-electron chi connectivity index (χ3n) is 2.61. The highest BCUT2D eigenvalue weighted by atomic mass is 16.5. The SMILES string of the molecule is CC/C(C)=C/[C@@H]1C[C@H](C)CCO1. The Morgan fingerprint density at radius 3 is 2.92 bits per heavy atom. The van der Waals surface area contributed by atoms with E-state index in [0.29, 0.717) is 6.10 Å². The van der Waals surface area contributed by atoms with Crippen LogP contribution in [0.3, 0.4) is 0 Å². The van der Waals surface area contributed by atoms with Crippen molar-refractivity contribution in [3.8, 4) is 0 Å². The third kappa shape index (κ3) is 2.98. The van der Waals surface area contributed by atoms with Gasteiger partial charge in [0.25, 0.3) is 0 Å². The average Bonchev–Trinajstić information content (AvgIpc) is 2.04. The van der Waals surface area contributed by atoms with Crippen molar-refractivity contribution in [3.05, 3.63) is 11.6 Å². The normalized spacial score (nSPS) is 32.1. The molecule has 1 heterocycles. The molecule has 1 aliphatic rings. The van der Waals surface area contributed by atoms with Gasteiger partial charge in [0.15, 0.2) is 0 Å². The second kappa shape index (κ2) is 4.66. The van der Waals surface area contributed by atoms with Gasteiger partial charge >= 0.3 is 0 Å². The molecule has 0 unspecified atom stereocenters. The second-order valence-electron chi connectivity index (χ2n) is 3.91. The molecular weight excluding hydrogens is 148 g/mol. The van der Waals surface area contributed by atoms with Crippen LogP contribution in [-0.4, -0.2) is 12.7 Å². The molecule has 0 aromatic carbocycles. The van der Waals surface area contributed by atoms with Crippen molar-refractivity contribution in [2.45, 2.75) is 46.1 Å². The molecule has 1 nitrogen and oxygen atoms in total. The zero-order chi connectivity index (χ0) is 8.97. The van der Waals surface area contributed by atoms with Crippen molar-refractivity contribution in [2.24, 2.45) is 5.92 Å². The summed E-state index contributed by atoms with van der Waals surface area (Å²) in [5.74, 6) is 0.838. The highest BCUT2D eigenvalue weighted by Gasteiger charge is 2.16. The molecule has 0 N–H and O–H groups in total. The largest absolute Gasteiger partial charge is 0.374 e. The number of hydrogen-bond donors (Lipinski definition) is 0. The molecule has 1 heteroatoms. The highest BCUT2D eigenvalue weighted by molar-refractivity contribution is 5.02. The van der Waals surface area contributed by atoms with Gasteiger partial charge < -0.3 is 4.74 Å². The van der Waals surface area contributed by atoms with Crippen LogP contribution in [0.4, 0.5) is 0 Å². The van der Waals surface area contributed by atoms with Gasteiger partial charge in [-0.1, -0.05) is 25.5 Å². The van der Waals surface area contributed by atoms with Crippen molar-refractivity contribution in [1.82, 2.24) is 0 Å². The Balaban J connectivity index is 2.41. The van der Waals surface area contributed by atoms with Gasteiger partial charge in [-0.15, -0.1) is 0 Å². The monoisotopic (exact) mass is 168 g/mol. The maximum atomic E-state index is 5.64. The molecule has 1 saturated heterocycles. The quantitative estimate of drug-likeness (QED) is 0.575. The van der Waals surface area contributed by atoms with Gasteiger partial charge in [-0.2, -0.15) is 0 Å². The summed E-state index contributed by atoms with van der Waals surface area (Å²) < 4.78 is 5.64. The molecule has 0 radical (unpaired) electrons. The van der Waals surface area contributed by atoms with Crippen molar-refractivity contribution >= 4 is 0 Å². The fraction of sp³-hybridized carbons (Fsp3) is 0.818. The Kier molecular flexibility index (Phi) is 3.80. The van der Waals surface area contributed by atoms with Gasteiger partial charge in [0, 0.05) is 6.61 Å². The van der Waals surface area contributed by atoms with Crippen molar-refractivity contribution in [3.63, 3.8) is 0 Å². The zero-order valence-electron chi connectivity index (χ0n) is 8.47. The molecule has 70 valence electrons. The first kappa shape index (κ1) is 9.79. The Morgan fingerprint density at radius 1 is 1.58 bits per heavy atom. The standard InChI is InChI=1S/C11H20O/c1-4-9(2)7-11-8-10(3)5-6-12-11/h7,10-11H,4-6,8H2,1-3H3/b9-7+/t10-,11-/m1/s1. The predicted molar refractivity (Wildman–Crippen MR) is 52.2 cm³/mol. The fourth-order valence-electron chi connectivity index (χ4n) is 1.55. The van der Waals surface area contributed by atoms with Crippen LogP contribution in [0.25, 0.3) is 0 Å². The average molecular weight is 168 g/mol. The van der Waals surface area contributed by atoms with Crippen molar-refractivity contribution < 1.29 is 4.74 Å². The molecule has 0 aromatic rings. The molecule has 0 amide bonds. The van der Waals surface area contributed by atoms with Gasteiger partial charge in [-0.3, -0.25) is 0 Å². The van der Waals surface area contributed by atoms with Crippen LogP contribution in [0.5, 0.6) is 0 Å². The van der Waals surface area contributed by atoms with Gasteiger partial charge in [-0.05, 0) is 32.1 Å². The Morgan fingerprint density at radius 2 is 2.33 bits per heavy atom. The lowest BCUT2D eigenvalue weighted by molar-refractivity contribution is 0.0234. The maximum Gasteiger partial charge on any atom is 0.0760 e. The molecule has 0 aliphatic carbocycles. The summed E-state index contributed by atoms with van der Waals surface area (Å²) in [6.07, 6.45) is 6.27. The molecule has 1 fully saturated rings. The molecule has 12 heavy (non-hydrogen) atoms. The van der Waals surface area contributed by atoms with E-state index in [-0.39, 0.29) is 0 Å². The van der Waals surface area contributed by atoms with Crippen LogP contribution < -0.4 is 0 Å². The molecule has 2 atom stereocenters. The summed E-state index contributed by atoms with van der Waals surface area (Å²) in [4.78, 5) is 0. The summed E-state index contributed by atoms with van der Waals surface area (Å²) >= 11 is 0. The van der Waals surface area contributed by atoms with Crippen molar-refractivity contribution in [1.29, 1.82) is 0 Å². The number of ether oxygens (including phenoxy) is 1. The summed E-state index contributed by atoms with van der Waals surface area (Å²) in [5, 5.41) is 0. The summed E-state index contributed by atoms with van der Waals surface area (Å²) in [5.41, 5.74) is 1.45. The van der Waals surface area contributed by atoms with E-state index in [2.05, 4.69) is 26.8 Å². The van der Waals surface area contributed by atoms with Crippen LogP contribution in [0.2, 0.25) is 0 Å². The van der Waals surface area contributed by atoms with Crippen LogP contribution in [0, 0.1) is 5.92 Å². The molecule has 0 saturated carbocycles.